The van der Waals surface area contributed by atoms with E-state index in [1.165, 1.54) is 18.2 Å². The van der Waals surface area contributed by atoms with Crippen LogP contribution in [0.15, 0.2) is 64.3 Å². The van der Waals surface area contributed by atoms with Crippen molar-refractivity contribution in [2.24, 2.45) is 0 Å². The Kier molecular flexibility index (Phi) is 5.53. The van der Waals surface area contributed by atoms with Gasteiger partial charge in [-0.3, -0.25) is 4.79 Å². The minimum absolute atomic E-state index is 0.00827. The highest BCUT2D eigenvalue weighted by molar-refractivity contribution is 7.86. The Labute approximate surface area is 208 Å². The van der Waals surface area contributed by atoms with E-state index in [1.54, 1.807) is 6.07 Å². The van der Waals surface area contributed by atoms with Crippen LogP contribution in [-0.2, 0) is 10.2 Å². The fourth-order valence-electron chi connectivity index (χ4n) is 5.00. The van der Waals surface area contributed by atoms with Crippen molar-refractivity contribution in [3.8, 4) is 23.5 Å². The lowest BCUT2D eigenvalue weighted by Crippen LogP contribution is -2.13. The summed E-state index contributed by atoms with van der Waals surface area (Å²) in [5.74, 6) is 2.66. The molecule has 3 aromatic carbocycles. The maximum atomic E-state index is 13.9. The molecule has 0 radical (unpaired) electrons. The second kappa shape index (κ2) is 8.35. The molecule has 0 aliphatic heterocycles. The number of hydrogen-bond donors (Lipinski definition) is 1. The van der Waals surface area contributed by atoms with Crippen LogP contribution in [0.25, 0.3) is 44.0 Å². The Bertz CT molecular complexity index is 1910. The molecule has 182 valence electrons. The first kappa shape index (κ1) is 23.8. The Hall–Kier alpha value is -3.89. The third kappa shape index (κ3) is 3.69. The average Bonchev–Trinajstić information content (AvgIpc) is 3.21. The van der Waals surface area contributed by atoms with Gasteiger partial charge in [0.1, 0.15) is 5.65 Å². The molecule has 36 heavy (non-hydrogen) atoms. The van der Waals surface area contributed by atoms with E-state index < -0.39 is 15.1 Å². The highest BCUT2D eigenvalue weighted by Gasteiger charge is 2.21. The van der Waals surface area contributed by atoms with Crippen LogP contribution in [0.3, 0.4) is 0 Å². The predicted octanol–water partition coefficient (Wildman–Crippen LogP) is 6.65. The van der Waals surface area contributed by atoms with Crippen LogP contribution in [0.4, 0.5) is 3.89 Å². The molecule has 5 aromatic rings. The van der Waals surface area contributed by atoms with Crippen LogP contribution in [0.2, 0.25) is 0 Å². The number of aromatic nitrogens is 2. The van der Waals surface area contributed by atoms with E-state index in [1.807, 2.05) is 58.0 Å². The van der Waals surface area contributed by atoms with Crippen molar-refractivity contribution < 1.29 is 12.3 Å². The van der Waals surface area contributed by atoms with Gasteiger partial charge in [-0.15, -0.1) is 10.3 Å². The summed E-state index contributed by atoms with van der Waals surface area (Å²) in [6.45, 7) is 8.09. The highest BCUT2D eigenvalue weighted by atomic mass is 32.3. The normalized spacial score (nSPS) is 12.3. The minimum atomic E-state index is -4.86. The van der Waals surface area contributed by atoms with Gasteiger partial charge in [0.25, 0.3) is 0 Å². The zero-order chi connectivity index (χ0) is 25.9. The van der Waals surface area contributed by atoms with E-state index in [0.717, 1.165) is 22.0 Å². The Morgan fingerprint density at radius 3 is 2.39 bits per heavy atom. The van der Waals surface area contributed by atoms with Gasteiger partial charge >= 0.3 is 10.2 Å². The summed E-state index contributed by atoms with van der Waals surface area (Å²) in [4.78, 5) is 16.9. The molecule has 0 aliphatic rings. The summed E-state index contributed by atoms with van der Waals surface area (Å²) in [6.07, 6.45) is 5.59. The number of rotatable bonds is 4. The third-order valence-corrected chi connectivity index (χ3v) is 7.47. The Balaban J connectivity index is 1.95. The van der Waals surface area contributed by atoms with E-state index in [0.29, 0.717) is 33.1 Å². The molecule has 5 nitrogen and oxygen atoms in total. The monoisotopic (exact) mass is 500 g/mol. The number of benzene rings is 3. The number of halogens is 1. The zero-order valence-electron chi connectivity index (χ0n) is 20.4. The summed E-state index contributed by atoms with van der Waals surface area (Å²) < 4.78 is 39.0. The van der Waals surface area contributed by atoms with E-state index in [2.05, 4.69) is 15.5 Å². The fraction of sp³-hybridized carbons (Fsp3) is 0.207. The van der Waals surface area contributed by atoms with Gasteiger partial charge in [0, 0.05) is 27.9 Å². The first-order chi connectivity index (χ1) is 17.0. The maximum Gasteiger partial charge on any atom is 0.332 e. The Morgan fingerprint density at radius 1 is 1.00 bits per heavy atom. The summed E-state index contributed by atoms with van der Waals surface area (Å²) >= 11 is 0. The number of terminal acetylenes is 1. The molecule has 2 heterocycles. The second-order valence-electron chi connectivity index (χ2n) is 9.62. The van der Waals surface area contributed by atoms with Gasteiger partial charge in [0.2, 0.25) is 0 Å². The van der Waals surface area contributed by atoms with Crippen LogP contribution < -0.4 is 5.43 Å². The second-order valence-corrected chi connectivity index (χ2v) is 11.0. The van der Waals surface area contributed by atoms with Crippen LogP contribution in [0, 0.1) is 12.3 Å². The van der Waals surface area contributed by atoms with Crippen molar-refractivity contribution in [1.29, 1.82) is 0 Å². The van der Waals surface area contributed by atoms with Crippen LogP contribution >= 0.6 is 0 Å². The fourth-order valence-corrected chi connectivity index (χ4v) is 5.51. The third-order valence-electron chi connectivity index (χ3n) is 6.65. The summed E-state index contributed by atoms with van der Waals surface area (Å²) in [5.41, 5.74) is 5.00. The van der Waals surface area contributed by atoms with Gasteiger partial charge in [-0.05, 0) is 72.9 Å². The van der Waals surface area contributed by atoms with Gasteiger partial charge in [-0.1, -0.05) is 38.0 Å². The molecule has 0 bridgehead atoms. The molecular weight excluding hydrogens is 475 g/mol. The molecule has 2 aromatic heterocycles. The molecule has 1 N–H and O–H groups in total. The predicted molar refractivity (Wildman–Crippen MR) is 144 cm³/mol. The average molecular weight is 501 g/mol. The van der Waals surface area contributed by atoms with Crippen molar-refractivity contribution in [2.75, 3.05) is 0 Å². The van der Waals surface area contributed by atoms with E-state index in [-0.39, 0.29) is 17.4 Å². The number of pyridine rings is 1. The summed E-state index contributed by atoms with van der Waals surface area (Å²) in [5, 5.41) is 1.98. The number of nitrogens with zero attached hydrogens (tertiary/aromatic N) is 1. The van der Waals surface area contributed by atoms with Crippen LogP contribution in [-0.4, -0.2) is 18.0 Å². The molecule has 5 rings (SSSR count). The van der Waals surface area contributed by atoms with Crippen molar-refractivity contribution in [1.82, 2.24) is 9.55 Å². The van der Waals surface area contributed by atoms with E-state index in [4.69, 9.17) is 6.42 Å². The number of aromatic amines is 1. The highest BCUT2D eigenvalue weighted by Crippen LogP contribution is 2.36. The van der Waals surface area contributed by atoms with Gasteiger partial charge in [-0.2, -0.15) is 8.42 Å². The van der Waals surface area contributed by atoms with Crippen molar-refractivity contribution in [3.63, 3.8) is 0 Å². The lowest BCUT2D eigenvalue weighted by atomic mass is 9.90. The molecule has 0 spiro atoms. The molecular formula is C29H25FN2O3S. The number of fused-ring (bicyclic) bond motifs is 4. The number of hydrogen-bond acceptors (Lipinski definition) is 3. The van der Waals surface area contributed by atoms with Gasteiger partial charge in [0.05, 0.1) is 15.8 Å². The molecule has 0 unspecified atom stereocenters. The molecule has 7 heteroatoms. The smallest absolute Gasteiger partial charge is 0.332 e. The van der Waals surface area contributed by atoms with E-state index in [9.17, 15) is 17.1 Å². The molecule has 0 atom stereocenters. The van der Waals surface area contributed by atoms with Gasteiger partial charge in [-0.25, -0.2) is 0 Å². The van der Waals surface area contributed by atoms with Gasteiger partial charge in [0.15, 0.2) is 5.43 Å². The minimum Gasteiger partial charge on any atom is -0.340 e. The van der Waals surface area contributed by atoms with E-state index >= 15 is 0 Å². The van der Waals surface area contributed by atoms with Gasteiger partial charge < -0.3 is 9.55 Å². The van der Waals surface area contributed by atoms with Crippen molar-refractivity contribution in [3.05, 3.63) is 75.9 Å². The summed E-state index contributed by atoms with van der Waals surface area (Å²) in [7, 11) is -4.86. The first-order valence-corrected chi connectivity index (χ1v) is 13.1. The molecule has 0 amide bonds. The standard InChI is InChI=1S/C29H25FN2O3S/c1-6-18-10-11-21-25(12-18)31-29-27(21)28(33)24-14-22(16(2)3)23(15-26(24)32(29)17(4)5)19-8-7-9-20(13-19)36(30,34)35/h1,7-17,31H,2-5H3. The lowest BCUT2D eigenvalue weighted by molar-refractivity contribution is 0.552. The Morgan fingerprint density at radius 2 is 1.75 bits per heavy atom. The number of H-pyrrole nitrogens is 1. The quantitative estimate of drug-likeness (QED) is 0.222. The van der Waals surface area contributed by atoms with Crippen molar-refractivity contribution in [2.45, 2.75) is 44.6 Å². The lowest BCUT2D eigenvalue weighted by Gasteiger charge is -2.21. The first-order valence-electron chi connectivity index (χ1n) is 11.7. The number of nitrogens with one attached hydrogen (secondary N) is 1. The van der Waals surface area contributed by atoms with Crippen molar-refractivity contribution >= 4 is 43.1 Å². The van der Waals surface area contributed by atoms with Crippen LogP contribution in [0.5, 0.6) is 0 Å². The maximum absolute atomic E-state index is 13.9. The largest absolute Gasteiger partial charge is 0.340 e. The molecule has 0 fully saturated rings. The van der Waals surface area contributed by atoms with Crippen LogP contribution in [0.1, 0.15) is 50.8 Å². The summed E-state index contributed by atoms with van der Waals surface area (Å²) in [6, 6.07) is 15.2. The topological polar surface area (TPSA) is 71.9 Å². The molecule has 0 saturated heterocycles. The zero-order valence-corrected chi connectivity index (χ0v) is 21.2. The molecule has 0 aliphatic carbocycles. The SMILES string of the molecule is C#Cc1ccc2c(c1)[nH]c1c2c(=O)c2cc(C(C)C)c(-c3cccc(S(=O)(=O)F)c3)cc2n1C(C)C. The molecule has 0 saturated carbocycles.